The van der Waals surface area contributed by atoms with Crippen molar-refractivity contribution in [2.45, 2.75) is 44.8 Å². The van der Waals surface area contributed by atoms with Crippen molar-refractivity contribution in [2.75, 3.05) is 6.54 Å². The summed E-state index contributed by atoms with van der Waals surface area (Å²) in [6, 6.07) is 0.303. The van der Waals surface area contributed by atoms with E-state index < -0.39 is 72.7 Å². The first-order valence-corrected chi connectivity index (χ1v) is 8.33. The third-order valence-corrected chi connectivity index (χ3v) is 3.87. The Kier molecular flexibility index (Phi) is 8.28. The largest absolute Gasteiger partial charge is 0.573 e. The number of aliphatic carboxylic acids is 1. The number of ether oxygens (including phenoxy) is 3. The quantitative estimate of drug-likeness (QED) is 0.495. The maximum Gasteiger partial charge on any atom is 0.573 e. The van der Waals surface area contributed by atoms with E-state index in [1.54, 1.807) is 0 Å². The molecule has 0 radical (unpaired) electrons. The molecule has 1 aromatic rings. The number of alkyl halides is 9. The monoisotopic (exact) mass is 473 g/mol. The molecule has 0 aliphatic heterocycles. The zero-order valence-corrected chi connectivity index (χ0v) is 15.5. The first kappa shape index (κ1) is 26.5. The van der Waals surface area contributed by atoms with E-state index in [4.69, 9.17) is 10.8 Å². The molecule has 1 aromatic carbocycles. The van der Waals surface area contributed by atoms with Gasteiger partial charge < -0.3 is 25.1 Å². The van der Waals surface area contributed by atoms with Gasteiger partial charge in [0.1, 0.15) is 5.75 Å². The number of benzene rings is 1. The molecule has 1 rings (SSSR count). The Bertz CT molecular complexity index is 762. The van der Waals surface area contributed by atoms with Crippen LogP contribution in [0.1, 0.15) is 31.2 Å². The average Bonchev–Trinajstić information content (AvgIpc) is 2.54. The van der Waals surface area contributed by atoms with E-state index in [2.05, 4.69) is 14.2 Å². The van der Waals surface area contributed by atoms with Crippen LogP contribution in [0.3, 0.4) is 0 Å². The van der Waals surface area contributed by atoms with Crippen LogP contribution >= 0.6 is 0 Å². The van der Waals surface area contributed by atoms with Gasteiger partial charge >= 0.3 is 25.1 Å². The van der Waals surface area contributed by atoms with Gasteiger partial charge in [-0.2, -0.15) is 0 Å². The number of carboxylic acid groups (broad SMARTS) is 1. The van der Waals surface area contributed by atoms with Crippen LogP contribution in [-0.2, 0) is 4.79 Å². The Morgan fingerprint density at radius 1 is 0.968 bits per heavy atom. The molecular formula is C16H16F9NO5. The third-order valence-electron chi connectivity index (χ3n) is 3.87. The second-order valence-electron chi connectivity index (χ2n) is 6.09. The number of hydrogen-bond acceptors (Lipinski definition) is 5. The van der Waals surface area contributed by atoms with Crippen LogP contribution < -0.4 is 19.9 Å². The highest BCUT2D eigenvalue weighted by Crippen LogP contribution is 2.47. The summed E-state index contributed by atoms with van der Waals surface area (Å²) in [5.74, 6) is -8.78. The molecule has 0 bridgehead atoms. The molecule has 0 aliphatic carbocycles. The standard InChI is InChI=1S/C16H16F9NO5/c1-2-7(3-8(6-26)13(27)28)10-4-9(29-14(17,18)19)5-11(30-15(20,21)22)12(10)31-16(23,24)25/h4-5,7-8H,2-3,6,26H2,1H3,(H,27,28). The van der Waals surface area contributed by atoms with Gasteiger partial charge in [-0.05, 0) is 24.8 Å². The van der Waals surface area contributed by atoms with Crippen LogP contribution in [0.25, 0.3) is 0 Å². The van der Waals surface area contributed by atoms with E-state index >= 15 is 0 Å². The second kappa shape index (κ2) is 9.70. The zero-order chi connectivity index (χ0) is 24.2. The van der Waals surface area contributed by atoms with Crippen molar-refractivity contribution in [1.29, 1.82) is 0 Å². The van der Waals surface area contributed by atoms with Crippen molar-refractivity contribution in [3.05, 3.63) is 17.7 Å². The van der Waals surface area contributed by atoms with Crippen LogP contribution in [0, 0.1) is 5.92 Å². The number of carbonyl (C=O) groups is 1. The highest BCUT2D eigenvalue weighted by atomic mass is 19.4. The minimum absolute atomic E-state index is 0.0735. The van der Waals surface area contributed by atoms with E-state index in [-0.39, 0.29) is 12.5 Å². The second-order valence-corrected chi connectivity index (χ2v) is 6.09. The Balaban J connectivity index is 3.72. The van der Waals surface area contributed by atoms with Crippen LogP contribution in [0.4, 0.5) is 39.5 Å². The molecule has 178 valence electrons. The molecule has 2 unspecified atom stereocenters. The van der Waals surface area contributed by atoms with Gasteiger partial charge in [0.25, 0.3) is 0 Å². The number of nitrogens with two attached hydrogens (primary N) is 1. The van der Waals surface area contributed by atoms with Gasteiger partial charge in [-0.15, -0.1) is 39.5 Å². The molecule has 0 amide bonds. The maximum atomic E-state index is 12.8. The summed E-state index contributed by atoms with van der Waals surface area (Å²) >= 11 is 0. The van der Waals surface area contributed by atoms with Crippen LogP contribution in [0.2, 0.25) is 0 Å². The van der Waals surface area contributed by atoms with E-state index in [9.17, 15) is 44.3 Å². The smallest absolute Gasteiger partial charge is 0.481 e. The summed E-state index contributed by atoms with van der Waals surface area (Å²) in [5, 5.41) is 9.10. The first-order chi connectivity index (χ1) is 14.0. The van der Waals surface area contributed by atoms with Crippen LogP contribution in [0.5, 0.6) is 17.2 Å². The lowest BCUT2D eigenvalue weighted by Gasteiger charge is -2.25. The summed E-state index contributed by atoms with van der Waals surface area (Å²) in [4.78, 5) is 11.2. The highest BCUT2D eigenvalue weighted by Gasteiger charge is 2.40. The SMILES string of the molecule is CCC(CC(CN)C(=O)O)c1cc(OC(F)(F)F)cc(OC(F)(F)F)c1OC(F)(F)F. The van der Waals surface area contributed by atoms with Crippen molar-refractivity contribution in [3.63, 3.8) is 0 Å². The predicted octanol–water partition coefficient (Wildman–Crippen LogP) is 4.93. The van der Waals surface area contributed by atoms with Crippen molar-refractivity contribution >= 4 is 5.97 Å². The molecule has 3 N–H and O–H groups in total. The molecule has 0 aromatic heterocycles. The van der Waals surface area contributed by atoms with Gasteiger partial charge in [-0.25, -0.2) is 0 Å². The summed E-state index contributed by atoms with van der Waals surface area (Å²) in [6.07, 6.45) is -17.3. The van der Waals surface area contributed by atoms with Gasteiger partial charge in [0, 0.05) is 18.2 Å². The molecule has 15 heteroatoms. The molecule has 0 saturated carbocycles. The average molecular weight is 473 g/mol. The van der Waals surface area contributed by atoms with E-state index in [0.717, 1.165) is 0 Å². The fraction of sp³-hybridized carbons (Fsp3) is 0.562. The van der Waals surface area contributed by atoms with E-state index in [1.807, 2.05) is 0 Å². The summed E-state index contributed by atoms with van der Waals surface area (Å²) in [7, 11) is 0. The molecule has 0 saturated heterocycles. The predicted molar refractivity (Wildman–Crippen MR) is 84.3 cm³/mol. The molecule has 0 aliphatic rings. The first-order valence-electron chi connectivity index (χ1n) is 8.33. The summed E-state index contributed by atoms with van der Waals surface area (Å²) in [5.41, 5.74) is 4.45. The number of halogens is 9. The summed E-state index contributed by atoms with van der Waals surface area (Å²) < 4.78 is 125. The Morgan fingerprint density at radius 2 is 1.48 bits per heavy atom. The van der Waals surface area contributed by atoms with Crippen molar-refractivity contribution in [3.8, 4) is 17.2 Å². The third kappa shape index (κ3) is 8.98. The number of hydrogen-bond donors (Lipinski definition) is 2. The molecule has 0 heterocycles. The Morgan fingerprint density at radius 3 is 1.87 bits per heavy atom. The zero-order valence-electron chi connectivity index (χ0n) is 15.5. The Hall–Kier alpha value is -2.58. The van der Waals surface area contributed by atoms with E-state index in [1.165, 1.54) is 6.92 Å². The van der Waals surface area contributed by atoms with Crippen molar-refractivity contribution in [2.24, 2.45) is 11.7 Å². The van der Waals surface area contributed by atoms with Gasteiger partial charge in [-0.1, -0.05) is 6.92 Å². The normalized spacial score (nSPS) is 14.7. The van der Waals surface area contributed by atoms with Gasteiger partial charge in [0.15, 0.2) is 11.5 Å². The summed E-state index contributed by atoms with van der Waals surface area (Å²) in [6.45, 7) is 0.824. The van der Waals surface area contributed by atoms with Gasteiger partial charge in [0.05, 0.1) is 5.92 Å². The van der Waals surface area contributed by atoms with Crippen LogP contribution in [0.15, 0.2) is 12.1 Å². The lowest BCUT2D eigenvalue weighted by Crippen LogP contribution is -2.26. The molecule has 6 nitrogen and oxygen atoms in total. The minimum atomic E-state index is -5.60. The van der Waals surface area contributed by atoms with Crippen LogP contribution in [-0.4, -0.2) is 36.7 Å². The number of rotatable bonds is 9. The minimum Gasteiger partial charge on any atom is -0.481 e. The number of carboxylic acids is 1. The fourth-order valence-corrected chi connectivity index (χ4v) is 2.67. The van der Waals surface area contributed by atoms with E-state index in [0.29, 0.717) is 6.07 Å². The molecule has 0 spiro atoms. The van der Waals surface area contributed by atoms with Crippen molar-refractivity contribution < 1.29 is 63.6 Å². The lowest BCUT2D eigenvalue weighted by molar-refractivity contribution is -0.288. The molecule has 0 fully saturated rings. The molecule has 31 heavy (non-hydrogen) atoms. The van der Waals surface area contributed by atoms with Crippen molar-refractivity contribution in [1.82, 2.24) is 0 Å². The lowest BCUT2D eigenvalue weighted by atomic mass is 9.86. The van der Waals surface area contributed by atoms with Gasteiger partial charge in [-0.3, -0.25) is 4.79 Å². The highest BCUT2D eigenvalue weighted by molar-refractivity contribution is 5.70. The maximum absolute atomic E-state index is 12.8. The fourth-order valence-electron chi connectivity index (χ4n) is 2.67. The molecule has 2 atom stereocenters. The topological polar surface area (TPSA) is 91.0 Å². The Labute approximate surface area is 168 Å². The van der Waals surface area contributed by atoms with Gasteiger partial charge in [0.2, 0.25) is 0 Å². The molecular weight excluding hydrogens is 457 g/mol.